The quantitative estimate of drug-likeness (QED) is 0.809. The Labute approximate surface area is 122 Å². The molecule has 0 saturated heterocycles. The SMILES string of the molecule is ONCC1=c2c(OCc3ccccc3)cccc2=COC1. The van der Waals surface area contributed by atoms with E-state index < -0.39 is 0 Å². The van der Waals surface area contributed by atoms with Crippen molar-refractivity contribution in [2.75, 3.05) is 13.2 Å². The molecule has 1 aliphatic heterocycles. The fourth-order valence-electron chi connectivity index (χ4n) is 2.42. The maximum absolute atomic E-state index is 8.97. The van der Waals surface area contributed by atoms with Crippen LogP contribution >= 0.6 is 0 Å². The van der Waals surface area contributed by atoms with E-state index in [2.05, 4.69) is 5.48 Å². The molecule has 0 atom stereocenters. The maximum atomic E-state index is 8.97. The van der Waals surface area contributed by atoms with Gasteiger partial charge in [0.1, 0.15) is 19.0 Å². The van der Waals surface area contributed by atoms with Crippen LogP contribution in [0.1, 0.15) is 5.56 Å². The fraction of sp³-hybridized carbons (Fsp3) is 0.176. The molecule has 2 aromatic rings. The second-order valence-electron chi connectivity index (χ2n) is 4.86. The van der Waals surface area contributed by atoms with Crippen LogP contribution in [0.2, 0.25) is 0 Å². The molecule has 0 fully saturated rings. The zero-order valence-electron chi connectivity index (χ0n) is 11.6. The van der Waals surface area contributed by atoms with Crippen LogP contribution in [0.5, 0.6) is 5.75 Å². The van der Waals surface area contributed by atoms with E-state index in [1.54, 1.807) is 6.26 Å². The van der Waals surface area contributed by atoms with Gasteiger partial charge in [-0.05, 0) is 17.2 Å². The van der Waals surface area contributed by atoms with E-state index in [1.165, 1.54) is 0 Å². The van der Waals surface area contributed by atoms with Crippen LogP contribution in [0.25, 0.3) is 11.8 Å². The van der Waals surface area contributed by atoms with E-state index in [9.17, 15) is 0 Å². The molecule has 2 aromatic carbocycles. The Morgan fingerprint density at radius 1 is 1.10 bits per heavy atom. The second-order valence-corrected chi connectivity index (χ2v) is 4.86. The van der Waals surface area contributed by atoms with E-state index in [-0.39, 0.29) is 0 Å². The smallest absolute Gasteiger partial charge is 0.127 e. The predicted molar refractivity (Wildman–Crippen MR) is 80.1 cm³/mol. The summed E-state index contributed by atoms with van der Waals surface area (Å²) in [6.07, 6.45) is 1.73. The minimum atomic E-state index is 0.354. The molecule has 0 amide bonds. The highest BCUT2D eigenvalue weighted by Crippen LogP contribution is 2.09. The number of benzene rings is 2. The van der Waals surface area contributed by atoms with Crippen LogP contribution in [0.3, 0.4) is 0 Å². The third kappa shape index (κ3) is 3.07. The first-order valence-corrected chi connectivity index (χ1v) is 6.85. The van der Waals surface area contributed by atoms with Crippen molar-refractivity contribution in [3.63, 3.8) is 0 Å². The summed E-state index contributed by atoms with van der Waals surface area (Å²) in [5.74, 6) is 0.807. The molecule has 2 N–H and O–H groups in total. The number of hydrogen-bond acceptors (Lipinski definition) is 4. The molecule has 0 saturated carbocycles. The van der Waals surface area contributed by atoms with E-state index in [1.807, 2.05) is 48.5 Å². The average molecular weight is 283 g/mol. The van der Waals surface area contributed by atoms with E-state index in [4.69, 9.17) is 14.7 Å². The Morgan fingerprint density at radius 3 is 2.76 bits per heavy atom. The third-order valence-corrected chi connectivity index (χ3v) is 3.41. The van der Waals surface area contributed by atoms with Crippen molar-refractivity contribution in [2.24, 2.45) is 0 Å². The lowest BCUT2D eigenvalue weighted by molar-refractivity contribution is 0.178. The van der Waals surface area contributed by atoms with Gasteiger partial charge in [-0.25, -0.2) is 5.48 Å². The molecular weight excluding hydrogens is 266 g/mol. The molecule has 3 rings (SSSR count). The standard InChI is InChI=1S/C17H17NO3/c19-18-9-15-12-20-11-14-7-4-8-16(17(14)15)21-10-13-5-2-1-3-6-13/h1-8,11,18-19H,9-10,12H2. The molecular formula is C17H17NO3. The maximum Gasteiger partial charge on any atom is 0.127 e. The molecule has 1 heterocycles. The van der Waals surface area contributed by atoms with Gasteiger partial charge in [0.15, 0.2) is 0 Å². The predicted octanol–water partition coefficient (Wildman–Crippen LogP) is 1.16. The number of fused-ring (bicyclic) bond motifs is 1. The minimum Gasteiger partial charge on any atom is -0.496 e. The van der Waals surface area contributed by atoms with Crippen molar-refractivity contribution in [2.45, 2.75) is 6.61 Å². The Hall–Kier alpha value is -2.30. The summed E-state index contributed by atoms with van der Waals surface area (Å²) in [7, 11) is 0. The number of ether oxygens (including phenoxy) is 2. The van der Waals surface area contributed by atoms with Crippen molar-refractivity contribution < 1.29 is 14.7 Å². The van der Waals surface area contributed by atoms with E-state index in [0.717, 1.165) is 27.3 Å². The van der Waals surface area contributed by atoms with Crippen LogP contribution in [0.15, 0.2) is 48.5 Å². The first kappa shape index (κ1) is 13.7. The van der Waals surface area contributed by atoms with Gasteiger partial charge in [-0.15, -0.1) is 0 Å². The summed E-state index contributed by atoms with van der Waals surface area (Å²) in [5, 5.41) is 10.9. The molecule has 0 aliphatic carbocycles. The highest BCUT2D eigenvalue weighted by molar-refractivity contribution is 5.54. The summed E-state index contributed by atoms with van der Waals surface area (Å²) >= 11 is 0. The van der Waals surface area contributed by atoms with Gasteiger partial charge in [-0.2, -0.15) is 0 Å². The van der Waals surface area contributed by atoms with Crippen molar-refractivity contribution in [3.05, 3.63) is 64.5 Å². The lowest BCUT2D eigenvalue weighted by Crippen LogP contribution is -2.36. The van der Waals surface area contributed by atoms with Gasteiger partial charge in [0.2, 0.25) is 0 Å². The van der Waals surface area contributed by atoms with Crippen LogP contribution in [-0.2, 0) is 11.3 Å². The molecule has 1 aliphatic rings. The summed E-state index contributed by atoms with van der Waals surface area (Å²) < 4.78 is 11.4. The van der Waals surface area contributed by atoms with Gasteiger partial charge < -0.3 is 14.7 Å². The first-order chi connectivity index (χ1) is 10.4. The molecule has 0 radical (unpaired) electrons. The topological polar surface area (TPSA) is 50.7 Å². The zero-order chi connectivity index (χ0) is 14.5. The Morgan fingerprint density at radius 2 is 1.95 bits per heavy atom. The van der Waals surface area contributed by atoms with Crippen LogP contribution < -0.4 is 20.7 Å². The summed E-state index contributed by atoms with van der Waals surface area (Å²) in [4.78, 5) is 0. The molecule has 4 heteroatoms. The largest absolute Gasteiger partial charge is 0.496 e. The molecule has 108 valence electrons. The lowest BCUT2D eigenvalue weighted by atomic mass is 10.1. The van der Waals surface area contributed by atoms with Gasteiger partial charge in [-0.3, -0.25) is 0 Å². The lowest BCUT2D eigenvalue weighted by Gasteiger charge is -2.15. The summed E-state index contributed by atoms with van der Waals surface area (Å²) in [6.45, 7) is 1.32. The van der Waals surface area contributed by atoms with Gasteiger partial charge in [-0.1, -0.05) is 42.5 Å². The molecule has 21 heavy (non-hydrogen) atoms. The Kier molecular flexibility index (Phi) is 4.19. The number of rotatable bonds is 5. The second kappa shape index (κ2) is 6.43. The highest BCUT2D eigenvalue weighted by Gasteiger charge is 2.09. The van der Waals surface area contributed by atoms with E-state index >= 15 is 0 Å². The molecule has 0 aromatic heterocycles. The number of nitrogens with one attached hydrogen (secondary N) is 1. The van der Waals surface area contributed by atoms with Crippen LogP contribution in [0.4, 0.5) is 0 Å². The highest BCUT2D eigenvalue weighted by atomic mass is 16.5. The number of hydroxylamine groups is 1. The van der Waals surface area contributed by atoms with Crippen molar-refractivity contribution in [3.8, 4) is 5.75 Å². The van der Waals surface area contributed by atoms with Crippen LogP contribution in [-0.4, -0.2) is 18.4 Å². The van der Waals surface area contributed by atoms with Crippen molar-refractivity contribution >= 4 is 11.8 Å². The third-order valence-electron chi connectivity index (χ3n) is 3.41. The molecule has 0 unspecified atom stereocenters. The zero-order valence-corrected chi connectivity index (χ0v) is 11.6. The fourth-order valence-corrected chi connectivity index (χ4v) is 2.42. The van der Waals surface area contributed by atoms with Gasteiger partial charge in [0.25, 0.3) is 0 Å². The first-order valence-electron chi connectivity index (χ1n) is 6.85. The van der Waals surface area contributed by atoms with Crippen LogP contribution in [0, 0.1) is 0 Å². The van der Waals surface area contributed by atoms with E-state index in [0.29, 0.717) is 19.8 Å². The molecule has 4 nitrogen and oxygen atoms in total. The summed E-state index contributed by atoms with van der Waals surface area (Å²) in [6, 6.07) is 15.9. The monoisotopic (exact) mass is 283 g/mol. The minimum absolute atomic E-state index is 0.354. The molecule has 0 spiro atoms. The Balaban J connectivity index is 1.95. The van der Waals surface area contributed by atoms with Gasteiger partial charge in [0, 0.05) is 17.0 Å². The normalized spacial score (nSPS) is 13.1. The summed E-state index contributed by atoms with van der Waals surface area (Å²) in [5.41, 5.74) is 4.28. The van der Waals surface area contributed by atoms with Crippen molar-refractivity contribution in [1.82, 2.24) is 5.48 Å². The Bertz CT molecular complexity index is 725. The number of hydrogen-bond donors (Lipinski definition) is 2. The molecule has 0 bridgehead atoms. The van der Waals surface area contributed by atoms with Gasteiger partial charge in [0.05, 0.1) is 6.26 Å². The van der Waals surface area contributed by atoms with Gasteiger partial charge >= 0.3 is 0 Å². The average Bonchev–Trinajstić information content (AvgIpc) is 2.54. The van der Waals surface area contributed by atoms with Crippen molar-refractivity contribution in [1.29, 1.82) is 0 Å².